The molecule has 5 nitrogen and oxygen atoms in total. The van der Waals surface area contributed by atoms with Gasteiger partial charge in [0.15, 0.2) is 0 Å². The number of nitrogens with one attached hydrogen (secondary N) is 1. The number of aryl methyl sites for hydroxylation is 3. The van der Waals surface area contributed by atoms with Crippen molar-refractivity contribution in [3.05, 3.63) is 33.6 Å². The Hall–Kier alpha value is -1.62. The van der Waals surface area contributed by atoms with Gasteiger partial charge in [0, 0.05) is 17.7 Å². The van der Waals surface area contributed by atoms with Crippen LogP contribution in [0.15, 0.2) is 4.52 Å². The molecule has 2 heterocycles. The molecule has 6 heteroatoms. The Morgan fingerprint density at radius 1 is 1.14 bits per heavy atom. The maximum Gasteiger partial charge on any atom is 0.138 e. The van der Waals surface area contributed by atoms with Crippen LogP contribution in [0.4, 0.5) is 5.82 Å². The van der Waals surface area contributed by atoms with E-state index >= 15 is 0 Å². The summed E-state index contributed by atoms with van der Waals surface area (Å²) >= 11 is 6.16. The SMILES string of the molecule is CCc1c(Cl)nc(C)nc1NCCCc1c(C)noc1C. The van der Waals surface area contributed by atoms with E-state index in [1.54, 1.807) is 0 Å². The van der Waals surface area contributed by atoms with Crippen molar-refractivity contribution >= 4 is 17.4 Å². The van der Waals surface area contributed by atoms with Crippen LogP contribution in [0.1, 0.15) is 41.8 Å². The lowest BCUT2D eigenvalue weighted by Gasteiger charge is -2.11. The zero-order valence-corrected chi connectivity index (χ0v) is 13.7. The number of hydrogen-bond donors (Lipinski definition) is 1. The van der Waals surface area contributed by atoms with Gasteiger partial charge in [0.25, 0.3) is 0 Å². The van der Waals surface area contributed by atoms with Crippen molar-refractivity contribution in [1.82, 2.24) is 15.1 Å². The first-order valence-corrected chi connectivity index (χ1v) is 7.59. The Labute approximate surface area is 130 Å². The van der Waals surface area contributed by atoms with Crippen LogP contribution >= 0.6 is 11.6 Å². The second-order valence-electron chi connectivity index (χ2n) is 5.08. The van der Waals surface area contributed by atoms with E-state index in [9.17, 15) is 0 Å². The molecule has 0 aliphatic heterocycles. The fourth-order valence-electron chi connectivity index (χ4n) is 2.35. The molecule has 1 N–H and O–H groups in total. The molecule has 2 aromatic heterocycles. The van der Waals surface area contributed by atoms with Crippen LogP contribution in [-0.2, 0) is 12.8 Å². The summed E-state index contributed by atoms with van der Waals surface area (Å²) in [5.41, 5.74) is 3.15. The molecular weight excluding hydrogens is 288 g/mol. The first-order valence-electron chi connectivity index (χ1n) is 7.21. The maximum atomic E-state index is 6.16. The van der Waals surface area contributed by atoms with Gasteiger partial charge in [-0.3, -0.25) is 0 Å². The summed E-state index contributed by atoms with van der Waals surface area (Å²) in [4.78, 5) is 8.63. The molecule has 0 atom stereocenters. The summed E-state index contributed by atoms with van der Waals surface area (Å²) in [7, 11) is 0. The Balaban J connectivity index is 1.95. The van der Waals surface area contributed by atoms with Gasteiger partial charge in [0.2, 0.25) is 0 Å². The van der Waals surface area contributed by atoms with Crippen molar-refractivity contribution in [3.63, 3.8) is 0 Å². The van der Waals surface area contributed by atoms with Crippen LogP contribution in [0.3, 0.4) is 0 Å². The molecule has 0 aliphatic rings. The van der Waals surface area contributed by atoms with Gasteiger partial charge >= 0.3 is 0 Å². The minimum absolute atomic E-state index is 0.540. The zero-order valence-electron chi connectivity index (χ0n) is 13.0. The molecule has 0 saturated carbocycles. The van der Waals surface area contributed by atoms with E-state index in [0.717, 1.165) is 48.6 Å². The van der Waals surface area contributed by atoms with E-state index in [1.807, 2.05) is 20.8 Å². The molecule has 0 saturated heterocycles. The summed E-state index contributed by atoms with van der Waals surface area (Å²) in [6.07, 6.45) is 2.73. The summed E-state index contributed by atoms with van der Waals surface area (Å²) in [5, 5.41) is 7.87. The van der Waals surface area contributed by atoms with E-state index in [-0.39, 0.29) is 0 Å². The predicted molar refractivity (Wildman–Crippen MR) is 83.9 cm³/mol. The zero-order chi connectivity index (χ0) is 15.4. The summed E-state index contributed by atoms with van der Waals surface area (Å²) in [5.74, 6) is 2.43. The van der Waals surface area contributed by atoms with E-state index in [4.69, 9.17) is 16.1 Å². The third kappa shape index (κ3) is 3.73. The monoisotopic (exact) mass is 308 g/mol. The Morgan fingerprint density at radius 2 is 1.90 bits per heavy atom. The lowest BCUT2D eigenvalue weighted by atomic mass is 10.1. The summed E-state index contributed by atoms with van der Waals surface area (Å²) < 4.78 is 5.17. The van der Waals surface area contributed by atoms with Crippen molar-refractivity contribution in [1.29, 1.82) is 0 Å². The second-order valence-corrected chi connectivity index (χ2v) is 5.43. The van der Waals surface area contributed by atoms with Crippen LogP contribution in [0.2, 0.25) is 5.15 Å². The van der Waals surface area contributed by atoms with Gasteiger partial charge in [-0.25, -0.2) is 9.97 Å². The van der Waals surface area contributed by atoms with Crippen molar-refractivity contribution < 1.29 is 4.52 Å². The summed E-state index contributed by atoms with van der Waals surface area (Å²) in [6, 6.07) is 0. The van der Waals surface area contributed by atoms with E-state index in [2.05, 4.69) is 27.4 Å². The standard InChI is InChI=1S/C15H21ClN4O/c1-5-12-14(16)18-11(4)19-15(12)17-8-6-7-13-9(2)20-21-10(13)3/h5-8H2,1-4H3,(H,17,18,19). The predicted octanol–water partition coefficient (Wildman–Crippen LogP) is 3.65. The van der Waals surface area contributed by atoms with Gasteiger partial charge in [-0.2, -0.15) is 0 Å². The van der Waals surface area contributed by atoms with Crippen molar-refractivity contribution in [2.75, 3.05) is 11.9 Å². The molecule has 0 fully saturated rings. The maximum absolute atomic E-state index is 6.16. The Morgan fingerprint density at radius 3 is 2.52 bits per heavy atom. The van der Waals surface area contributed by atoms with Gasteiger partial charge < -0.3 is 9.84 Å². The van der Waals surface area contributed by atoms with Crippen LogP contribution < -0.4 is 5.32 Å². The highest BCUT2D eigenvalue weighted by Gasteiger charge is 2.11. The lowest BCUT2D eigenvalue weighted by molar-refractivity contribution is 0.392. The quantitative estimate of drug-likeness (QED) is 0.652. The average Bonchev–Trinajstić information content (AvgIpc) is 2.74. The fourth-order valence-corrected chi connectivity index (χ4v) is 2.70. The van der Waals surface area contributed by atoms with Crippen molar-refractivity contribution in [2.45, 2.75) is 47.0 Å². The van der Waals surface area contributed by atoms with Crippen molar-refractivity contribution in [2.24, 2.45) is 0 Å². The number of nitrogens with zero attached hydrogens (tertiary/aromatic N) is 3. The van der Waals surface area contributed by atoms with Gasteiger partial charge in [-0.05, 0) is 40.0 Å². The van der Waals surface area contributed by atoms with Crippen LogP contribution in [0.25, 0.3) is 0 Å². The third-order valence-corrected chi connectivity index (χ3v) is 3.81. The molecule has 2 rings (SSSR count). The highest BCUT2D eigenvalue weighted by atomic mass is 35.5. The lowest BCUT2D eigenvalue weighted by Crippen LogP contribution is -2.09. The largest absolute Gasteiger partial charge is 0.370 e. The Bertz CT molecular complexity index is 605. The van der Waals surface area contributed by atoms with Crippen molar-refractivity contribution in [3.8, 4) is 0 Å². The van der Waals surface area contributed by atoms with E-state index in [0.29, 0.717) is 11.0 Å². The molecule has 0 spiro atoms. The van der Waals surface area contributed by atoms with Crippen LogP contribution in [0, 0.1) is 20.8 Å². The number of halogens is 1. The molecule has 0 radical (unpaired) electrons. The third-order valence-electron chi connectivity index (χ3n) is 3.50. The normalized spacial score (nSPS) is 10.9. The number of hydrogen-bond acceptors (Lipinski definition) is 5. The smallest absolute Gasteiger partial charge is 0.138 e. The highest BCUT2D eigenvalue weighted by Crippen LogP contribution is 2.22. The number of anilines is 1. The van der Waals surface area contributed by atoms with Gasteiger partial charge in [-0.1, -0.05) is 23.7 Å². The number of aromatic nitrogens is 3. The van der Waals surface area contributed by atoms with E-state index in [1.165, 1.54) is 5.56 Å². The first-order chi connectivity index (χ1) is 10.0. The van der Waals surface area contributed by atoms with Crippen LogP contribution in [0.5, 0.6) is 0 Å². The second kappa shape index (κ2) is 6.89. The van der Waals surface area contributed by atoms with Gasteiger partial charge in [0.1, 0.15) is 22.6 Å². The molecular formula is C15H21ClN4O. The first kappa shape index (κ1) is 15.8. The molecule has 21 heavy (non-hydrogen) atoms. The molecule has 2 aromatic rings. The van der Waals surface area contributed by atoms with Gasteiger partial charge in [-0.15, -0.1) is 0 Å². The number of rotatable bonds is 6. The molecule has 0 aromatic carbocycles. The molecule has 114 valence electrons. The Kier molecular flexibility index (Phi) is 5.17. The molecule has 0 unspecified atom stereocenters. The summed E-state index contributed by atoms with van der Waals surface area (Å²) in [6.45, 7) is 8.65. The fraction of sp³-hybridized carbons (Fsp3) is 0.533. The van der Waals surface area contributed by atoms with Crippen LogP contribution in [-0.4, -0.2) is 21.7 Å². The minimum Gasteiger partial charge on any atom is -0.370 e. The van der Waals surface area contributed by atoms with E-state index < -0.39 is 0 Å². The highest BCUT2D eigenvalue weighted by molar-refractivity contribution is 6.30. The minimum atomic E-state index is 0.540. The molecule has 0 amide bonds. The van der Waals surface area contributed by atoms with Gasteiger partial charge in [0.05, 0.1) is 5.69 Å². The molecule has 0 aliphatic carbocycles. The topological polar surface area (TPSA) is 63.8 Å². The average molecular weight is 309 g/mol. The molecule has 0 bridgehead atoms.